The van der Waals surface area contributed by atoms with Crippen LogP contribution in [0.4, 0.5) is 0 Å². The molecule has 0 unspecified atom stereocenters. The first-order valence-electron chi connectivity index (χ1n) is 8.51. The first kappa shape index (κ1) is 20.2. The van der Waals surface area contributed by atoms with E-state index in [0.717, 1.165) is 25.9 Å². The lowest BCUT2D eigenvalue weighted by atomic mass is 10.4. The summed E-state index contributed by atoms with van der Waals surface area (Å²) in [4.78, 5) is 22.8. The predicted octanol–water partition coefficient (Wildman–Crippen LogP) is 1.36. The standard InChI is InChI=1S/C16H23N7O2.HI/c1-2-17-16(19-11-14(24)23-7-3-4-8-23)18-10-13-20-15(22-21-13)12-6-5-9-25-12;/h5-6,9H,2-4,7-8,10-11H2,1H3,(H2,17,18,19)(H,20,21,22);1H. The molecule has 10 heteroatoms. The third kappa shape index (κ3) is 5.44. The summed E-state index contributed by atoms with van der Waals surface area (Å²) >= 11 is 0. The molecule has 0 atom stereocenters. The van der Waals surface area contributed by atoms with E-state index in [-0.39, 0.29) is 36.4 Å². The van der Waals surface area contributed by atoms with Crippen molar-refractivity contribution in [1.29, 1.82) is 0 Å². The van der Waals surface area contributed by atoms with Gasteiger partial charge in [0.15, 0.2) is 11.7 Å². The number of aromatic amines is 1. The van der Waals surface area contributed by atoms with E-state index in [0.29, 0.717) is 36.5 Å². The van der Waals surface area contributed by atoms with Gasteiger partial charge in [-0.05, 0) is 31.9 Å². The van der Waals surface area contributed by atoms with Crippen LogP contribution >= 0.6 is 24.0 Å². The number of amides is 1. The van der Waals surface area contributed by atoms with Crippen LogP contribution in [0.15, 0.2) is 27.8 Å². The van der Waals surface area contributed by atoms with Crippen molar-refractivity contribution in [2.24, 2.45) is 4.99 Å². The third-order valence-corrected chi connectivity index (χ3v) is 3.87. The largest absolute Gasteiger partial charge is 0.461 e. The second kappa shape index (κ2) is 10.1. The van der Waals surface area contributed by atoms with Crippen LogP contribution in [0.25, 0.3) is 11.6 Å². The van der Waals surface area contributed by atoms with Crippen molar-refractivity contribution in [2.45, 2.75) is 26.3 Å². The van der Waals surface area contributed by atoms with Crippen LogP contribution in [0.5, 0.6) is 0 Å². The van der Waals surface area contributed by atoms with E-state index in [9.17, 15) is 4.79 Å². The van der Waals surface area contributed by atoms with Crippen LogP contribution in [0.2, 0.25) is 0 Å². The Balaban J connectivity index is 0.00000243. The normalized spacial score (nSPS) is 14.2. The number of aromatic nitrogens is 3. The van der Waals surface area contributed by atoms with Crippen LogP contribution in [-0.2, 0) is 11.3 Å². The maximum atomic E-state index is 12.1. The maximum absolute atomic E-state index is 12.1. The minimum absolute atomic E-state index is 0. The minimum Gasteiger partial charge on any atom is -0.461 e. The first-order valence-corrected chi connectivity index (χ1v) is 8.51. The zero-order valence-corrected chi connectivity index (χ0v) is 17.0. The van der Waals surface area contributed by atoms with Crippen LogP contribution in [0.3, 0.4) is 0 Å². The Hall–Kier alpha value is -2.11. The van der Waals surface area contributed by atoms with E-state index >= 15 is 0 Å². The minimum atomic E-state index is 0. The molecule has 142 valence electrons. The van der Waals surface area contributed by atoms with Gasteiger partial charge in [-0.25, -0.2) is 9.98 Å². The second-order valence-electron chi connectivity index (χ2n) is 5.72. The Labute approximate surface area is 169 Å². The predicted molar refractivity (Wildman–Crippen MR) is 108 cm³/mol. The lowest BCUT2D eigenvalue weighted by Gasteiger charge is -2.17. The molecule has 1 aliphatic heterocycles. The Morgan fingerprint density at radius 1 is 1.38 bits per heavy atom. The molecule has 2 aromatic rings. The first-order chi connectivity index (χ1) is 12.3. The smallest absolute Gasteiger partial charge is 0.241 e. The average Bonchev–Trinajstić information content (AvgIpc) is 3.38. The molecule has 26 heavy (non-hydrogen) atoms. The molecule has 0 radical (unpaired) electrons. The Kier molecular flexibility index (Phi) is 7.88. The molecular formula is C16H24IN7O2. The number of halogens is 1. The van der Waals surface area contributed by atoms with Crippen molar-refractivity contribution in [1.82, 2.24) is 30.7 Å². The van der Waals surface area contributed by atoms with E-state index < -0.39 is 0 Å². The van der Waals surface area contributed by atoms with Gasteiger partial charge in [-0.3, -0.25) is 9.89 Å². The molecule has 0 aliphatic carbocycles. The summed E-state index contributed by atoms with van der Waals surface area (Å²) < 4.78 is 5.26. The topological polar surface area (TPSA) is 111 Å². The summed E-state index contributed by atoms with van der Waals surface area (Å²) in [5.41, 5.74) is 0. The fraction of sp³-hybridized carbons (Fsp3) is 0.500. The molecule has 0 bridgehead atoms. The summed E-state index contributed by atoms with van der Waals surface area (Å²) in [6, 6.07) is 3.58. The van der Waals surface area contributed by atoms with Gasteiger partial charge >= 0.3 is 0 Å². The van der Waals surface area contributed by atoms with Gasteiger partial charge in [-0.15, -0.1) is 29.1 Å². The average molecular weight is 473 g/mol. The molecule has 1 aliphatic rings. The van der Waals surface area contributed by atoms with Crippen molar-refractivity contribution < 1.29 is 9.21 Å². The number of nitrogens with zero attached hydrogens (tertiary/aromatic N) is 4. The molecule has 1 amide bonds. The molecule has 0 spiro atoms. The number of likely N-dealkylation sites (tertiary alicyclic amines) is 1. The molecule has 1 saturated heterocycles. The van der Waals surface area contributed by atoms with Gasteiger partial charge in [0.05, 0.1) is 12.8 Å². The molecule has 3 rings (SSSR count). The molecular weight excluding hydrogens is 449 g/mol. The molecule has 1 fully saturated rings. The number of rotatable bonds is 6. The monoisotopic (exact) mass is 473 g/mol. The highest BCUT2D eigenvalue weighted by atomic mass is 127. The molecule has 2 aromatic heterocycles. The number of H-pyrrole nitrogens is 1. The van der Waals surface area contributed by atoms with E-state index in [2.05, 4.69) is 30.8 Å². The van der Waals surface area contributed by atoms with Crippen molar-refractivity contribution in [2.75, 3.05) is 26.2 Å². The van der Waals surface area contributed by atoms with Crippen LogP contribution < -0.4 is 10.6 Å². The van der Waals surface area contributed by atoms with Gasteiger partial charge in [-0.1, -0.05) is 0 Å². The highest BCUT2D eigenvalue weighted by molar-refractivity contribution is 14.0. The number of guanidine groups is 1. The number of nitrogens with one attached hydrogen (secondary N) is 3. The van der Waals surface area contributed by atoms with Gasteiger partial charge < -0.3 is 20.0 Å². The molecule has 0 saturated carbocycles. The maximum Gasteiger partial charge on any atom is 0.241 e. The van der Waals surface area contributed by atoms with Crippen LogP contribution in [0, 0.1) is 0 Å². The van der Waals surface area contributed by atoms with E-state index in [1.807, 2.05) is 11.8 Å². The van der Waals surface area contributed by atoms with Gasteiger partial charge in [-0.2, -0.15) is 0 Å². The summed E-state index contributed by atoms with van der Waals surface area (Å²) in [7, 11) is 0. The highest BCUT2D eigenvalue weighted by Gasteiger charge is 2.17. The molecule has 3 heterocycles. The number of hydrogen-bond acceptors (Lipinski definition) is 5. The highest BCUT2D eigenvalue weighted by Crippen LogP contribution is 2.14. The van der Waals surface area contributed by atoms with Gasteiger partial charge in [0, 0.05) is 19.6 Å². The quantitative estimate of drug-likeness (QED) is 0.332. The Bertz CT molecular complexity index is 708. The third-order valence-electron chi connectivity index (χ3n) is 3.87. The van der Waals surface area contributed by atoms with Gasteiger partial charge in [0.25, 0.3) is 0 Å². The lowest BCUT2D eigenvalue weighted by Crippen LogP contribution is -2.44. The van der Waals surface area contributed by atoms with Crippen LogP contribution in [-0.4, -0.2) is 58.1 Å². The number of furan rings is 1. The number of aliphatic imine (C=N–C) groups is 1. The zero-order valence-electron chi connectivity index (χ0n) is 14.7. The number of carbonyl (C=O) groups excluding carboxylic acids is 1. The summed E-state index contributed by atoms with van der Waals surface area (Å²) in [6.45, 7) is 4.94. The Morgan fingerprint density at radius 2 is 2.19 bits per heavy atom. The summed E-state index contributed by atoms with van der Waals surface area (Å²) in [5, 5.41) is 13.1. The fourth-order valence-corrected chi connectivity index (χ4v) is 2.62. The SMILES string of the molecule is CCNC(=NCc1nc(-c2ccco2)n[nH]1)NCC(=O)N1CCCC1.I. The number of hydrogen-bond donors (Lipinski definition) is 3. The fourth-order valence-electron chi connectivity index (χ4n) is 2.62. The second-order valence-corrected chi connectivity index (χ2v) is 5.72. The van der Waals surface area contributed by atoms with E-state index in [1.165, 1.54) is 0 Å². The van der Waals surface area contributed by atoms with Gasteiger partial charge in [0.1, 0.15) is 12.4 Å². The van der Waals surface area contributed by atoms with Crippen LogP contribution in [0.1, 0.15) is 25.6 Å². The van der Waals surface area contributed by atoms with Crippen molar-refractivity contribution in [3.63, 3.8) is 0 Å². The Morgan fingerprint density at radius 3 is 2.88 bits per heavy atom. The van der Waals surface area contributed by atoms with Crippen molar-refractivity contribution >= 4 is 35.8 Å². The van der Waals surface area contributed by atoms with E-state index in [4.69, 9.17) is 4.42 Å². The molecule has 3 N–H and O–H groups in total. The zero-order chi connectivity index (χ0) is 17.5. The summed E-state index contributed by atoms with van der Waals surface area (Å²) in [5.74, 6) is 2.40. The number of carbonyl (C=O) groups is 1. The van der Waals surface area contributed by atoms with Gasteiger partial charge in [0.2, 0.25) is 11.7 Å². The van der Waals surface area contributed by atoms with Crippen molar-refractivity contribution in [3.8, 4) is 11.6 Å². The summed E-state index contributed by atoms with van der Waals surface area (Å²) in [6.07, 6.45) is 3.75. The molecule has 0 aromatic carbocycles. The lowest BCUT2D eigenvalue weighted by molar-refractivity contribution is -0.128. The van der Waals surface area contributed by atoms with Crippen molar-refractivity contribution in [3.05, 3.63) is 24.2 Å². The van der Waals surface area contributed by atoms with E-state index in [1.54, 1.807) is 18.4 Å². The molecule has 9 nitrogen and oxygen atoms in total.